The first-order valence-electron chi connectivity index (χ1n) is 6.92. The molecule has 1 fully saturated rings. The topological polar surface area (TPSA) is 66.5 Å². The number of fused-ring (bicyclic) bond motifs is 1. The van der Waals surface area contributed by atoms with Crippen LogP contribution in [0.3, 0.4) is 0 Å². The molecule has 0 aromatic heterocycles. The number of likely N-dealkylation sites (tertiary alicyclic amines) is 1. The van der Waals surface area contributed by atoms with Gasteiger partial charge in [0.05, 0.1) is 11.8 Å². The summed E-state index contributed by atoms with van der Waals surface area (Å²) < 4.78 is 0. The zero-order chi connectivity index (χ0) is 13.8. The van der Waals surface area contributed by atoms with Gasteiger partial charge in [0.2, 0.25) is 17.7 Å². The Kier molecular flexibility index (Phi) is 4.35. The van der Waals surface area contributed by atoms with Crippen LogP contribution >= 0.6 is 0 Å². The van der Waals surface area contributed by atoms with Crippen LogP contribution < -0.4 is 5.32 Å². The Morgan fingerprint density at radius 1 is 1.26 bits per heavy atom. The van der Waals surface area contributed by atoms with E-state index in [2.05, 4.69) is 5.32 Å². The van der Waals surface area contributed by atoms with Gasteiger partial charge < -0.3 is 5.32 Å². The predicted octanol–water partition coefficient (Wildman–Crippen LogP) is 0.854. The Morgan fingerprint density at radius 3 is 2.37 bits per heavy atom. The molecule has 1 N–H and O–H groups in total. The van der Waals surface area contributed by atoms with E-state index in [1.165, 1.54) is 0 Å². The van der Waals surface area contributed by atoms with Gasteiger partial charge in [0.15, 0.2) is 0 Å². The van der Waals surface area contributed by atoms with Crippen LogP contribution in [-0.4, -0.2) is 35.7 Å². The maximum Gasteiger partial charge on any atom is 0.240 e. The average Bonchev–Trinajstić information content (AvgIpc) is 2.65. The third kappa shape index (κ3) is 2.85. The number of allylic oxidation sites excluding steroid dienone is 2. The van der Waals surface area contributed by atoms with E-state index in [4.69, 9.17) is 0 Å². The second-order valence-electron chi connectivity index (χ2n) is 5.12. The van der Waals surface area contributed by atoms with Crippen LogP contribution in [0.4, 0.5) is 0 Å². The molecular weight excluding hydrogens is 244 g/mol. The summed E-state index contributed by atoms with van der Waals surface area (Å²) in [5.41, 5.74) is 0. The molecule has 1 saturated heterocycles. The first-order valence-corrected chi connectivity index (χ1v) is 6.92. The van der Waals surface area contributed by atoms with Crippen LogP contribution in [0, 0.1) is 11.8 Å². The van der Waals surface area contributed by atoms with Crippen molar-refractivity contribution in [2.45, 2.75) is 32.6 Å². The Morgan fingerprint density at radius 2 is 1.84 bits per heavy atom. The standard InChI is InChI=1S/C14H20N2O3/c1-2-3-8-15-12(17)9-16-13(18)10-6-4-5-7-11(10)14(16)19/h4-5,10-11H,2-3,6-9H2,1H3,(H,15,17)/t10-,11-/m1/s1. The number of nitrogens with zero attached hydrogens (tertiary/aromatic N) is 1. The molecule has 0 saturated carbocycles. The van der Waals surface area contributed by atoms with Gasteiger partial charge in [-0.1, -0.05) is 25.5 Å². The van der Waals surface area contributed by atoms with Crippen molar-refractivity contribution in [1.29, 1.82) is 0 Å². The summed E-state index contributed by atoms with van der Waals surface area (Å²) >= 11 is 0. The first-order chi connectivity index (χ1) is 9.15. The van der Waals surface area contributed by atoms with Crippen LogP contribution in [0.15, 0.2) is 12.2 Å². The third-order valence-electron chi connectivity index (χ3n) is 3.75. The molecule has 1 heterocycles. The summed E-state index contributed by atoms with van der Waals surface area (Å²) in [6.45, 7) is 2.51. The number of carbonyl (C=O) groups excluding carboxylic acids is 3. The van der Waals surface area contributed by atoms with Gasteiger partial charge in [0.1, 0.15) is 6.54 Å². The Bertz CT molecular complexity index is 391. The van der Waals surface area contributed by atoms with Gasteiger partial charge in [-0.2, -0.15) is 0 Å². The lowest BCUT2D eigenvalue weighted by Crippen LogP contribution is -2.41. The Balaban J connectivity index is 1.92. The molecular formula is C14H20N2O3. The maximum atomic E-state index is 12.1. The molecule has 19 heavy (non-hydrogen) atoms. The van der Waals surface area contributed by atoms with Gasteiger partial charge >= 0.3 is 0 Å². The minimum absolute atomic E-state index is 0.131. The maximum absolute atomic E-state index is 12.1. The summed E-state index contributed by atoms with van der Waals surface area (Å²) in [7, 11) is 0. The number of imide groups is 1. The number of nitrogens with one attached hydrogen (secondary N) is 1. The third-order valence-corrected chi connectivity index (χ3v) is 3.75. The molecule has 2 rings (SSSR count). The molecule has 104 valence electrons. The predicted molar refractivity (Wildman–Crippen MR) is 70.0 cm³/mol. The van der Waals surface area contributed by atoms with Crippen molar-refractivity contribution in [3.8, 4) is 0 Å². The Labute approximate surface area is 113 Å². The van der Waals surface area contributed by atoms with Crippen molar-refractivity contribution in [2.24, 2.45) is 11.8 Å². The van der Waals surface area contributed by atoms with Crippen molar-refractivity contribution < 1.29 is 14.4 Å². The highest BCUT2D eigenvalue weighted by atomic mass is 16.2. The minimum atomic E-state index is -0.249. The first kappa shape index (κ1) is 13.8. The smallest absolute Gasteiger partial charge is 0.240 e. The van der Waals surface area contributed by atoms with Crippen molar-refractivity contribution in [3.05, 3.63) is 12.2 Å². The highest BCUT2D eigenvalue weighted by Crippen LogP contribution is 2.34. The summed E-state index contributed by atoms with van der Waals surface area (Å²) in [5, 5.41) is 2.73. The molecule has 0 radical (unpaired) electrons. The highest BCUT2D eigenvalue weighted by molar-refractivity contribution is 6.07. The number of rotatable bonds is 5. The van der Waals surface area contributed by atoms with Gasteiger partial charge in [-0.05, 0) is 19.3 Å². The molecule has 0 bridgehead atoms. The van der Waals surface area contributed by atoms with E-state index in [9.17, 15) is 14.4 Å². The molecule has 2 aliphatic rings. The van der Waals surface area contributed by atoms with Crippen LogP contribution in [0.25, 0.3) is 0 Å². The SMILES string of the molecule is CCCCNC(=O)CN1C(=O)[C@@H]2CC=CC[C@H]2C1=O. The number of hydrogen-bond donors (Lipinski definition) is 1. The van der Waals surface area contributed by atoms with Crippen LogP contribution in [0.5, 0.6) is 0 Å². The lowest BCUT2D eigenvalue weighted by Gasteiger charge is -2.14. The normalized spacial score (nSPS) is 25.6. The van der Waals surface area contributed by atoms with Crippen molar-refractivity contribution in [3.63, 3.8) is 0 Å². The lowest BCUT2D eigenvalue weighted by molar-refractivity contribution is -0.143. The van der Waals surface area contributed by atoms with E-state index in [0.717, 1.165) is 17.7 Å². The number of amides is 3. The molecule has 0 unspecified atom stereocenters. The fraction of sp³-hybridized carbons (Fsp3) is 0.643. The van der Waals surface area contributed by atoms with E-state index < -0.39 is 0 Å². The molecule has 0 aromatic carbocycles. The van der Waals surface area contributed by atoms with Gasteiger partial charge in [-0.3, -0.25) is 19.3 Å². The van der Waals surface area contributed by atoms with Gasteiger partial charge in [0.25, 0.3) is 0 Å². The molecule has 1 aliphatic carbocycles. The molecule has 2 atom stereocenters. The zero-order valence-corrected chi connectivity index (χ0v) is 11.2. The minimum Gasteiger partial charge on any atom is -0.355 e. The van der Waals surface area contributed by atoms with Gasteiger partial charge in [-0.25, -0.2) is 0 Å². The molecule has 0 spiro atoms. The lowest BCUT2D eigenvalue weighted by atomic mass is 9.85. The second kappa shape index (κ2) is 5.99. The largest absolute Gasteiger partial charge is 0.355 e. The summed E-state index contributed by atoms with van der Waals surface area (Å²) in [5.74, 6) is -1.13. The Hall–Kier alpha value is -1.65. The summed E-state index contributed by atoms with van der Waals surface area (Å²) in [4.78, 5) is 37.0. The number of hydrogen-bond acceptors (Lipinski definition) is 3. The monoisotopic (exact) mass is 264 g/mol. The van der Waals surface area contributed by atoms with Crippen LogP contribution in [0.2, 0.25) is 0 Å². The van der Waals surface area contributed by atoms with Crippen LogP contribution in [-0.2, 0) is 14.4 Å². The van der Waals surface area contributed by atoms with Crippen molar-refractivity contribution in [1.82, 2.24) is 10.2 Å². The van der Waals surface area contributed by atoms with Gasteiger partial charge in [-0.15, -0.1) is 0 Å². The van der Waals surface area contributed by atoms with E-state index in [0.29, 0.717) is 19.4 Å². The van der Waals surface area contributed by atoms with Crippen molar-refractivity contribution in [2.75, 3.05) is 13.1 Å². The van der Waals surface area contributed by atoms with E-state index in [1.54, 1.807) is 0 Å². The average molecular weight is 264 g/mol. The molecule has 5 heteroatoms. The number of unbranched alkanes of at least 4 members (excludes halogenated alkanes) is 1. The fourth-order valence-corrected chi connectivity index (χ4v) is 2.63. The fourth-order valence-electron chi connectivity index (χ4n) is 2.63. The van der Waals surface area contributed by atoms with E-state index in [-0.39, 0.29) is 36.1 Å². The zero-order valence-electron chi connectivity index (χ0n) is 11.2. The highest BCUT2D eigenvalue weighted by Gasteiger charge is 2.47. The summed E-state index contributed by atoms with van der Waals surface area (Å²) in [6.07, 6.45) is 7.02. The molecule has 1 aliphatic heterocycles. The molecule has 5 nitrogen and oxygen atoms in total. The number of carbonyl (C=O) groups is 3. The molecule has 3 amide bonds. The quantitative estimate of drug-likeness (QED) is 0.455. The van der Waals surface area contributed by atoms with Gasteiger partial charge in [0, 0.05) is 6.54 Å². The molecule has 0 aromatic rings. The summed E-state index contributed by atoms with van der Waals surface area (Å²) in [6, 6.07) is 0. The van der Waals surface area contributed by atoms with Crippen LogP contribution in [0.1, 0.15) is 32.6 Å². The second-order valence-corrected chi connectivity index (χ2v) is 5.12. The van der Waals surface area contributed by atoms with E-state index >= 15 is 0 Å². The van der Waals surface area contributed by atoms with Crippen molar-refractivity contribution >= 4 is 17.7 Å². The van der Waals surface area contributed by atoms with E-state index in [1.807, 2.05) is 19.1 Å².